The van der Waals surface area contributed by atoms with Crippen molar-refractivity contribution < 1.29 is 9.86 Å². The van der Waals surface area contributed by atoms with Crippen molar-refractivity contribution in [2.45, 2.75) is 26.0 Å². The zero-order valence-electron chi connectivity index (χ0n) is 21.8. The highest BCUT2D eigenvalue weighted by Crippen LogP contribution is 2.42. The molecule has 0 aliphatic carbocycles. The number of benzene rings is 1. The molecule has 37 heavy (non-hydrogen) atoms. The van der Waals surface area contributed by atoms with Crippen LogP contribution in [-0.2, 0) is 12.1 Å². The van der Waals surface area contributed by atoms with Gasteiger partial charge in [0, 0.05) is 49.8 Å². The van der Waals surface area contributed by atoms with E-state index in [0.717, 1.165) is 43.1 Å². The molecule has 1 fully saturated rings. The Bertz CT molecular complexity index is 1270. The first-order valence-corrected chi connectivity index (χ1v) is 12.7. The van der Waals surface area contributed by atoms with Crippen molar-refractivity contribution in [2.24, 2.45) is 0 Å². The molecule has 5 rings (SSSR count). The minimum atomic E-state index is -1.13. The molecule has 3 aromatic rings. The highest BCUT2D eigenvalue weighted by atomic mass is 16.6. The number of hydrogen-bond donors (Lipinski definition) is 2. The van der Waals surface area contributed by atoms with Crippen LogP contribution in [0.1, 0.15) is 25.1 Å². The number of hydroxylamine groups is 2. The Morgan fingerprint density at radius 3 is 2.54 bits per heavy atom. The molecule has 2 aliphatic heterocycles. The second-order valence-corrected chi connectivity index (χ2v) is 10.4. The number of fused-ring (bicyclic) bond motifs is 1. The summed E-state index contributed by atoms with van der Waals surface area (Å²) in [6.07, 6.45) is 3.38. The SMILES string of the molecule is C=CC[N+]1([O-])Cc2cnc(Nc3ccc(N4CCN(C)CC4)cc3)cc2N1c1cccc(C(C)(C)O)n1. The number of hydrogen-bond acceptors (Lipinski definition) is 8. The largest absolute Gasteiger partial charge is 0.605 e. The van der Waals surface area contributed by atoms with E-state index in [2.05, 4.69) is 63.0 Å². The number of pyridine rings is 2. The van der Waals surface area contributed by atoms with Gasteiger partial charge in [-0.05, 0) is 63.4 Å². The number of aromatic nitrogens is 2. The van der Waals surface area contributed by atoms with Gasteiger partial charge in [-0.15, -0.1) is 0 Å². The maximum Gasteiger partial charge on any atom is 0.183 e. The first kappa shape index (κ1) is 25.2. The van der Waals surface area contributed by atoms with E-state index >= 15 is 0 Å². The predicted molar refractivity (Wildman–Crippen MR) is 148 cm³/mol. The van der Waals surface area contributed by atoms with Crippen molar-refractivity contribution in [3.8, 4) is 0 Å². The molecule has 4 heterocycles. The Balaban J connectivity index is 1.42. The van der Waals surface area contributed by atoms with Crippen molar-refractivity contribution in [1.29, 1.82) is 0 Å². The van der Waals surface area contributed by atoms with Gasteiger partial charge < -0.3 is 25.4 Å². The van der Waals surface area contributed by atoms with Crippen LogP contribution in [0.25, 0.3) is 0 Å². The molecule has 0 saturated carbocycles. The minimum Gasteiger partial charge on any atom is -0.605 e. The molecule has 0 radical (unpaired) electrons. The summed E-state index contributed by atoms with van der Waals surface area (Å²) in [4.78, 5) is 14.0. The van der Waals surface area contributed by atoms with Gasteiger partial charge in [-0.1, -0.05) is 12.6 Å². The smallest absolute Gasteiger partial charge is 0.183 e. The highest BCUT2D eigenvalue weighted by Gasteiger charge is 2.39. The van der Waals surface area contributed by atoms with Gasteiger partial charge in [0.25, 0.3) is 0 Å². The topological polar surface area (TPSA) is 90.8 Å². The van der Waals surface area contributed by atoms with Crippen LogP contribution in [0, 0.1) is 5.21 Å². The quantitative estimate of drug-likeness (QED) is 0.282. The maximum absolute atomic E-state index is 14.0. The zero-order chi connectivity index (χ0) is 26.2. The van der Waals surface area contributed by atoms with E-state index in [-0.39, 0.29) is 13.1 Å². The third-order valence-electron chi connectivity index (χ3n) is 6.97. The standard InChI is InChI=1S/C28H35N7O2/c1-5-17-35(37)20-21-19-29-26(18-24(21)34(35)27-8-6-7-25(31-27)28(2,3)36)30-22-9-11-23(12-10-22)33-15-13-32(4)14-16-33/h5-12,18-19,36H,1,13-17,20H2,2-4H3,(H,29,30). The summed E-state index contributed by atoms with van der Waals surface area (Å²) < 4.78 is -0.675. The highest BCUT2D eigenvalue weighted by molar-refractivity contribution is 5.69. The predicted octanol–water partition coefficient (Wildman–Crippen LogP) is 4.27. The lowest BCUT2D eigenvalue weighted by atomic mass is 10.1. The molecule has 1 aromatic carbocycles. The molecule has 1 unspecified atom stereocenters. The minimum absolute atomic E-state index is 0.180. The summed E-state index contributed by atoms with van der Waals surface area (Å²) in [5.41, 5.74) is 3.08. The first-order chi connectivity index (χ1) is 17.7. The third-order valence-corrected chi connectivity index (χ3v) is 6.97. The summed E-state index contributed by atoms with van der Waals surface area (Å²) >= 11 is 0. The Morgan fingerprint density at radius 1 is 1.14 bits per heavy atom. The summed E-state index contributed by atoms with van der Waals surface area (Å²) in [6.45, 7) is 11.7. The van der Waals surface area contributed by atoms with Gasteiger partial charge in [-0.2, -0.15) is 5.01 Å². The van der Waals surface area contributed by atoms with Gasteiger partial charge in [0.05, 0.1) is 11.3 Å². The van der Waals surface area contributed by atoms with E-state index in [0.29, 0.717) is 17.3 Å². The van der Waals surface area contributed by atoms with Crippen LogP contribution >= 0.6 is 0 Å². The molecule has 2 aliphatic rings. The third kappa shape index (κ3) is 5.17. The molecule has 0 amide bonds. The molecule has 194 valence electrons. The first-order valence-electron chi connectivity index (χ1n) is 12.7. The average molecular weight is 502 g/mol. The molecule has 0 bridgehead atoms. The van der Waals surface area contributed by atoms with Gasteiger partial charge in [0.15, 0.2) is 5.82 Å². The molecule has 0 spiro atoms. The van der Waals surface area contributed by atoms with Crippen molar-refractivity contribution in [2.75, 3.05) is 55.0 Å². The second-order valence-electron chi connectivity index (χ2n) is 10.4. The van der Waals surface area contributed by atoms with Gasteiger partial charge in [-0.3, -0.25) is 0 Å². The van der Waals surface area contributed by atoms with Crippen molar-refractivity contribution in [3.05, 3.63) is 83.8 Å². The molecule has 2 N–H and O–H groups in total. The zero-order valence-corrected chi connectivity index (χ0v) is 21.8. The Hall–Kier alpha value is -3.50. The maximum atomic E-state index is 14.0. The van der Waals surface area contributed by atoms with E-state index < -0.39 is 10.4 Å². The van der Waals surface area contributed by atoms with Crippen molar-refractivity contribution in [1.82, 2.24) is 14.9 Å². The molecule has 9 heteroatoms. The summed E-state index contributed by atoms with van der Waals surface area (Å²) in [5, 5.41) is 29.5. The van der Waals surface area contributed by atoms with Gasteiger partial charge in [0.2, 0.25) is 0 Å². The summed E-state index contributed by atoms with van der Waals surface area (Å²) in [7, 11) is 2.16. The fraction of sp³-hybridized carbons (Fsp3) is 0.357. The fourth-order valence-electron chi connectivity index (χ4n) is 4.90. The van der Waals surface area contributed by atoms with E-state index in [1.807, 2.05) is 12.1 Å². The van der Waals surface area contributed by atoms with Gasteiger partial charge in [-0.25, -0.2) is 14.7 Å². The number of anilines is 5. The lowest BCUT2D eigenvalue weighted by Gasteiger charge is -2.44. The van der Waals surface area contributed by atoms with Crippen molar-refractivity contribution >= 4 is 28.7 Å². The Kier molecular flexibility index (Phi) is 6.63. The lowest BCUT2D eigenvalue weighted by Crippen LogP contribution is -2.50. The number of rotatable bonds is 7. The Morgan fingerprint density at radius 2 is 1.86 bits per heavy atom. The monoisotopic (exact) mass is 501 g/mol. The summed E-state index contributed by atoms with van der Waals surface area (Å²) in [6, 6.07) is 15.6. The molecule has 1 atom stereocenters. The van der Waals surface area contributed by atoms with E-state index in [9.17, 15) is 10.3 Å². The number of nitrogens with zero attached hydrogens (tertiary/aromatic N) is 6. The average Bonchev–Trinajstić information content (AvgIpc) is 3.16. The van der Waals surface area contributed by atoms with Crippen LogP contribution in [0.15, 0.2) is 67.4 Å². The molecule has 1 saturated heterocycles. The van der Waals surface area contributed by atoms with E-state index in [4.69, 9.17) is 0 Å². The van der Waals surface area contributed by atoms with Crippen molar-refractivity contribution in [3.63, 3.8) is 0 Å². The van der Waals surface area contributed by atoms with Crippen LogP contribution in [0.5, 0.6) is 0 Å². The summed E-state index contributed by atoms with van der Waals surface area (Å²) in [5.74, 6) is 1.12. The molecular formula is C28H35N7O2. The molecule has 9 nitrogen and oxygen atoms in total. The number of nitrogens with one attached hydrogen (secondary N) is 1. The number of piperazine rings is 1. The normalized spacial score (nSPS) is 20.1. The second kappa shape index (κ2) is 9.75. The van der Waals surface area contributed by atoms with Crippen LogP contribution in [0.3, 0.4) is 0 Å². The number of aliphatic hydroxyl groups is 1. The van der Waals surface area contributed by atoms with Crippen LogP contribution < -0.4 is 15.2 Å². The lowest BCUT2D eigenvalue weighted by molar-refractivity contribution is -0.885. The number of quaternary nitrogens is 1. The fourth-order valence-corrected chi connectivity index (χ4v) is 4.90. The van der Waals surface area contributed by atoms with Gasteiger partial charge >= 0.3 is 0 Å². The Labute approximate surface area is 218 Å². The van der Waals surface area contributed by atoms with E-state index in [1.165, 1.54) is 5.69 Å². The molecular weight excluding hydrogens is 466 g/mol. The van der Waals surface area contributed by atoms with E-state index in [1.54, 1.807) is 43.3 Å². The molecule has 2 aromatic heterocycles. The number of likely N-dealkylation sites (N-methyl/N-ethyl adjacent to an activating group) is 1. The van der Waals surface area contributed by atoms with Crippen LogP contribution in [-0.4, -0.2) is 64.5 Å². The van der Waals surface area contributed by atoms with Crippen LogP contribution in [0.2, 0.25) is 0 Å². The van der Waals surface area contributed by atoms with Gasteiger partial charge in [0.1, 0.15) is 30.2 Å². The van der Waals surface area contributed by atoms with Crippen LogP contribution in [0.4, 0.5) is 28.7 Å².